The summed E-state index contributed by atoms with van der Waals surface area (Å²) in [4.78, 5) is 0. The Hall–Kier alpha value is -0.0800. The molecule has 13 heavy (non-hydrogen) atoms. The SMILES string of the molecule is OC1(CC2CCCCN2)CCCC1. The molecule has 0 radical (unpaired) electrons. The van der Waals surface area contributed by atoms with Crippen molar-refractivity contribution in [2.75, 3.05) is 6.54 Å². The van der Waals surface area contributed by atoms with Gasteiger partial charge in [-0.25, -0.2) is 0 Å². The van der Waals surface area contributed by atoms with Crippen LogP contribution in [-0.2, 0) is 0 Å². The maximum Gasteiger partial charge on any atom is 0.0662 e. The minimum atomic E-state index is -0.311. The molecule has 1 aliphatic heterocycles. The fourth-order valence-corrected chi connectivity index (χ4v) is 2.79. The van der Waals surface area contributed by atoms with Crippen molar-refractivity contribution in [3.8, 4) is 0 Å². The van der Waals surface area contributed by atoms with Crippen molar-refractivity contribution in [3.05, 3.63) is 0 Å². The first kappa shape index (κ1) is 9.47. The summed E-state index contributed by atoms with van der Waals surface area (Å²) in [7, 11) is 0. The van der Waals surface area contributed by atoms with Crippen LogP contribution in [0.2, 0.25) is 0 Å². The average molecular weight is 183 g/mol. The van der Waals surface area contributed by atoms with E-state index in [-0.39, 0.29) is 5.60 Å². The average Bonchev–Trinajstić information content (AvgIpc) is 2.54. The molecule has 2 aliphatic rings. The molecule has 1 heterocycles. The zero-order valence-corrected chi connectivity index (χ0v) is 8.39. The quantitative estimate of drug-likeness (QED) is 0.684. The lowest BCUT2D eigenvalue weighted by Gasteiger charge is -2.31. The molecular weight excluding hydrogens is 162 g/mol. The van der Waals surface area contributed by atoms with Crippen LogP contribution in [0.3, 0.4) is 0 Å². The third kappa shape index (κ3) is 2.44. The van der Waals surface area contributed by atoms with Crippen LogP contribution < -0.4 is 5.32 Å². The molecule has 0 bridgehead atoms. The predicted molar refractivity (Wildman–Crippen MR) is 53.7 cm³/mol. The third-order valence-corrected chi connectivity index (χ3v) is 3.57. The monoisotopic (exact) mass is 183 g/mol. The molecule has 0 amide bonds. The normalized spacial score (nSPS) is 33.5. The van der Waals surface area contributed by atoms with E-state index in [1.54, 1.807) is 0 Å². The van der Waals surface area contributed by atoms with E-state index in [9.17, 15) is 5.11 Å². The Morgan fingerprint density at radius 3 is 2.54 bits per heavy atom. The van der Waals surface area contributed by atoms with Crippen molar-refractivity contribution in [2.24, 2.45) is 0 Å². The standard InChI is InChI=1S/C11H21NO/c13-11(6-2-3-7-11)9-10-5-1-4-8-12-10/h10,12-13H,1-9H2. The minimum Gasteiger partial charge on any atom is -0.390 e. The second-order valence-electron chi connectivity index (χ2n) is 4.78. The Kier molecular flexibility index (Phi) is 2.89. The van der Waals surface area contributed by atoms with Crippen molar-refractivity contribution in [1.29, 1.82) is 0 Å². The maximum atomic E-state index is 10.2. The first-order valence-electron chi connectivity index (χ1n) is 5.74. The van der Waals surface area contributed by atoms with Crippen LogP contribution in [0.1, 0.15) is 51.4 Å². The molecule has 1 saturated carbocycles. The van der Waals surface area contributed by atoms with Gasteiger partial charge < -0.3 is 10.4 Å². The van der Waals surface area contributed by atoms with Gasteiger partial charge in [0.25, 0.3) is 0 Å². The topological polar surface area (TPSA) is 32.3 Å². The van der Waals surface area contributed by atoms with E-state index in [2.05, 4.69) is 5.32 Å². The zero-order valence-electron chi connectivity index (χ0n) is 8.39. The molecule has 1 unspecified atom stereocenters. The summed E-state index contributed by atoms with van der Waals surface area (Å²) >= 11 is 0. The van der Waals surface area contributed by atoms with Crippen molar-refractivity contribution < 1.29 is 5.11 Å². The van der Waals surface area contributed by atoms with Gasteiger partial charge in [-0.1, -0.05) is 19.3 Å². The Labute approximate surface area is 80.7 Å². The van der Waals surface area contributed by atoms with Crippen LogP contribution in [0.4, 0.5) is 0 Å². The molecule has 76 valence electrons. The van der Waals surface area contributed by atoms with Crippen LogP contribution in [0.5, 0.6) is 0 Å². The van der Waals surface area contributed by atoms with Crippen molar-refractivity contribution in [3.63, 3.8) is 0 Å². The van der Waals surface area contributed by atoms with E-state index in [1.165, 1.54) is 32.1 Å². The highest BCUT2D eigenvalue weighted by Crippen LogP contribution is 2.34. The molecule has 2 nitrogen and oxygen atoms in total. The number of hydrogen-bond donors (Lipinski definition) is 2. The molecule has 2 N–H and O–H groups in total. The second kappa shape index (κ2) is 3.97. The molecule has 0 aromatic rings. The summed E-state index contributed by atoms with van der Waals surface area (Å²) in [5.41, 5.74) is -0.311. The molecule has 0 spiro atoms. The highest BCUT2D eigenvalue weighted by atomic mass is 16.3. The fraction of sp³-hybridized carbons (Fsp3) is 1.00. The van der Waals surface area contributed by atoms with E-state index in [0.29, 0.717) is 6.04 Å². The number of piperidine rings is 1. The van der Waals surface area contributed by atoms with Crippen LogP contribution >= 0.6 is 0 Å². The van der Waals surface area contributed by atoms with Gasteiger partial charge in [0.05, 0.1) is 5.60 Å². The van der Waals surface area contributed by atoms with E-state index in [1.807, 2.05) is 0 Å². The van der Waals surface area contributed by atoms with Crippen LogP contribution in [0, 0.1) is 0 Å². The first-order chi connectivity index (χ1) is 6.29. The zero-order chi connectivity index (χ0) is 9.15. The Bertz CT molecular complexity index is 157. The summed E-state index contributed by atoms with van der Waals surface area (Å²) in [5.74, 6) is 0. The minimum absolute atomic E-state index is 0.311. The maximum absolute atomic E-state index is 10.2. The lowest BCUT2D eigenvalue weighted by atomic mass is 9.89. The molecule has 0 aromatic heterocycles. The van der Waals surface area contributed by atoms with E-state index in [0.717, 1.165) is 25.8 Å². The fourth-order valence-electron chi connectivity index (χ4n) is 2.79. The Balaban J connectivity index is 1.81. The third-order valence-electron chi connectivity index (χ3n) is 3.57. The van der Waals surface area contributed by atoms with Crippen LogP contribution in [0.15, 0.2) is 0 Å². The van der Waals surface area contributed by atoms with Gasteiger partial charge in [0.2, 0.25) is 0 Å². The molecule has 2 rings (SSSR count). The van der Waals surface area contributed by atoms with Gasteiger partial charge in [0.1, 0.15) is 0 Å². The van der Waals surface area contributed by atoms with Gasteiger partial charge in [-0.2, -0.15) is 0 Å². The second-order valence-corrected chi connectivity index (χ2v) is 4.78. The number of hydrogen-bond acceptors (Lipinski definition) is 2. The van der Waals surface area contributed by atoms with Crippen molar-refractivity contribution >= 4 is 0 Å². The number of aliphatic hydroxyl groups is 1. The van der Waals surface area contributed by atoms with E-state index in [4.69, 9.17) is 0 Å². The lowest BCUT2D eigenvalue weighted by Crippen LogP contribution is -2.41. The lowest BCUT2D eigenvalue weighted by molar-refractivity contribution is 0.0254. The van der Waals surface area contributed by atoms with Gasteiger partial charge in [-0.05, 0) is 38.6 Å². The van der Waals surface area contributed by atoms with E-state index >= 15 is 0 Å². The van der Waals surface area contributed by atoms with Crippen LogP contribution in [0.25, 0.3) is 0 Å². The molecule has 1 saturated heterocycles. The van der Waals surface area contributed by atoms with Gasteiger partial charge >= 0.3 is 0 Å². The number of nitrogens with one attached hydrogen (secondary N) is 1. The van der Waals surface area contributed by atoms with Gasteiger partial charge in [-0.15, -0.1) is 0 Å². The molecule has 2 heteroatoms. The predicted octanol–water partition coefficient (Wildman–Crippen LogP) is 1.82. The molecular formula is C11H21NO. The molecule has 1 aliphatic carbocycles. The van der Waals surface area contributed by atoms with Crippen molar-refractivity contribution in [2.45, 2.75) is 63.0 Å². The summed E-state index contributed by atoms with van der Waals surface area (Å²) in [6, 6.07) is 0.594. The largest absolute Gasteiger partial charge is 0.390 e. The summed E-state index contributed by atoms with van der Waals surface area (Å²) < 4.78 is 0. The van der Waals surface area contributed by atoms with Gasteiger partial charge in [0, 0.05) is 6.04 Å². The summed E-state index contributed by atoms with van der Waals surface area (Å²) in [6.45, 7) is 1.15. The number of rotatable bonds is 2. The van der Waals surface area contributed by atoms with Gasteiger partial charge in [-0.3, -0.25) is 0 Å². The Morgan fingerprint density at radius 1 is 1.15 bits per heavy atom. The Morgan fingerprint density at radius 2 is 1.92 bits per heavy atom. The molecule has 0 aromatic carbocycles. The van der Waals surface area contributed by atoms with Crippen LogP contribution in [-0.4, -0.2) is 23.3 Å². The molecule has 1 atom stereocenters. The highest BCUT2D eigenvalue weighted by molar-refractivity contribution is 4.89. The van der Waals surface area contributed by atoms with Gasteiger partial charge in [0.15, 0.2) is 0 Å². The van der Waals surface area contributed by atoms with Crippen molar-refractivity contribution in [1.82, 2.24) is 5.32 Å². The summed E-state index contributed by atoms with van der Waals surface area (Å²) in [5, 5.41) is 13.7. The summed E-state index contributed by atoms with van der Waals surface area (Å²) in [6.07, 6.45) is 9.43. The van der Waals surface area contributed by atoms with E-state index < -0.39 is 0 Å². The molecule has 2 fully saturated rings. The smallest absolute Gasteiger partial charge is 0.0662 e. The first-order valence-corrected chi connectivity index (χ1v) is 5.74. The highest BCUT2D eigenvalue weighted by Gasteiger charge is 2.33.